The van der Waals surface area contributed by atoms with Gasteiger partial charge in [-0.05, 0) is 48.2 Å². The van der Waals surface area contributed by atoms with Crippen LogP contribution in [0.25, 0.3) is 0 Å². The van der Waals surface area contributed by atoms with Gasteiger partial charge in [0, 0.05) is 0 Å². The molecule has 0 bridgehead atoms. The van der Waals surface area contributed by atoms with Gasteiger partial charge >= 0.3 is 6.18 Å². The summed E-state index contributed by atoms with van der Waals surface area (Å²) in [6.45, 7) is 0.690. The van der Waals surface area contributed by atoms with Gasteiger partial charge < -0.3 is 9.47 Å². The van der Waals surface area contributed by atoms with Crippen LogP contribution in [0, 0.1) is 5.92 Å². The van der Waals surface area contributed by atoms with Gasteiger partial charge in [-0.15, -0.1) is 0 Å². The molecule has 0 unspecified atom stereocenters. The number of halogens is 3. The second kappa shape index (κ2) is 9.81. The van der Waals surface area contributed by atoms with Crippen LogP contribution in [0.3, 0.4) is 0 Å². The Morgan fingerprint density at radius 1 is 0.966 bits per heavy atom. The fourth-order valence-corrected chi connectivity index (χ4v) is 3.61. The summed E-state index contributed by atoms with van der Waals surface area (Å²) >= 11 is 0. The number of carbonyl (C=O) groups excluding carboxylic acids is 1. The lowest BCUT2D eigenvalue weighted by Crippen LogP contribution is -2.10. The number of alkyl halides is 3. The van der Waals surface area contributed by atoms with Crippen molar-refractivity contribution in [1.29, 1.82) is 0 Å². The Labute approximate surface area is 168 Å². The quantitative estimate of drug-likeness (QED) is 0.473. The zero-order chi connectivity index (χ0) is 20.7. The van der Waals surface area contributed by atoms with Crippen LogP contribution in [0.4, 0.5) is 13.2 Å². The third kappa shape index (κ3) is 6.24. The Bertz CT molecular complexity index is 794. The van der Waals surface area contributed by atoms with Gasteiger partial charge in [0.05, 0.1) is 17.7 Å². The SMILES string of the molecule is O=Cc1cc(OCCC2CCCCC2)ccc1OCc1ccc(C(F)(F)F)cc1. The van der Waals surface area contributed by atoms with Crippen molar-refractivity contribution in [2.45, 2.75) is 51.3 Å². The minimum Gasteiger partial charge on any atom is -0.494 e. The highest BCUT2D eigenvalue weighted by Crippen LogP contribution is 2.30. The Balaban J connectivity index is 1.53. The van der Waals surface area contributed by atoms with E-state index in [4.69, 9.17) is 9.47 Å². The van der Waals surface area contributed by atoms with E-state index < -0.39 is 11.7 Å². The maximum absolute atomic E-state index is 12.6. The largest absolute Gasteiger partial charge is 0.494 e. The van der Waals surface area contributed by atoms with Crippen molar-refractivity contribution >= 4 is 6.29 Å². The van der Waals surface area contributed by atoms with E-state index in [0.29, 0.717) is 35.5 Å². The van der Waals surface area contributed by atoms with Crippen LogP contribution in [0.15, 0.2) is 42.5 Å². The molecule has 0 saturated heterocycles. The summed E-state index contributed by atoms with van der Waals surface area (Å²) in [5, 5.41) is 0. The van der Waals surface area contributed by atoms with Crippen molar-refractivity contribution in [2.24, 2.45) is 5.92 Å². The molecule has 3 nitrogen and oxygen atoms in total. The van der Waals surface area contributed by atoms with Gasteiger partial charge in [-0.1, -0.05) is 44.2 Å². The number of hydrogen-bond acceptors (Lipinski definition) is 3. The van der Waals surface area contributed by atoms with Crippen molar-refractivity contribution in [2.75, 3.05) is 6.61 Å². The summed E-state index contributed by atoms with van der Waals surface area (Å²) in [6.07, 6.45) is 3.79. The fraction of sp³-hybridized carbons (Fsp3) is 0.435. The molecular formula is C23H25F3O3. The molecule has 1 saturated carbocycles. The van der Waals surface area contributed by atoms with E-state index >= 15 is 0 Å². The molecule has 0 heterocycles. The highest BCUT2D eigenvalue weighted by Gasteiger charge is 2.29. The van der Waals surface area contributed by atoms with E-state index in [1.54, 1.807) is 18.2 Å². The molecule has 1 aliphatic rings. The molecule has 0 spiro atoms. The zero-order valence-electron chi connectivity index (χ0n) is 16.2. The summed E-state index contributed by atoms with van der Waals surface area (Å²) < 4.78 is 49.3. The second-order valence-electron chi connectivity index (χ2n) is 7.44. The predicted octanol–water partition coefficient (Wildman–Crippen LogP) is 6.45. The highest BCUT2D eigenvalue weighted by atomic mass is 19.4. The molecule has 0 aliphatic heterocycles. The number of benzene rings is 2. The Kier molecular flexibility index (Phi) is 7.18. The smallest absolute Gasteiger partial charge is 0.416 e. The number of aldehydes is 1. The molecule has 29 heavy (non-hydrogen) atoms. The number of hydrogen-bond donors (Lipinski definition) is 0. The van der Waals surface area contributed by atoms with Gasteiger partial charge in [0.25, 0.3) is 0 Å². The van der Waals surface area contributed by atoms with Crippen LogP contribution in [0.2, 0.25) is 0 Å². The van der Waals surface area contributed by atoms with Gasteiger partial charge in [0.2, 0.25) is 0 Å². The monoisotopic (exact) mass is 406 g/mol. The summed E-state index contributed by atoms with van der Waals surface area (Å²) in [7, 11) is 0. The van der Waals surface area contributed by atoms with E-state index in [-0.39, 0.29) is 6.61 Å². The topological polar surface area (TPSA) is 35.5 Å². The first kappa shape index (κ1) is 21.2. The van der Waals surface area contributed by atoms with E-state index in [2.05, 4.69) is 0 Å². The third-order valence-electron chi connectivity index (χ3n) is 5.30. The minimum atomic E-state index is -4.36. The molecule has 6 heteroatoms. The van der Waals surface area contributed by atoms with E-state index in [1.807, 2.05) is 0 Å². The second-order valence-corrected chi connectivity index (χ2v) is 7.44. The molecular weight excluding hydrogens is 381 g/mol. The molecule has 0 N–H and O–H groups in total. The van der Waals surface area contributed by atoms with Crippen molar-refractivity contribution in [3.8, 4) is 11.5 Å². The zero-order valence-corrected chi connectivity index (χ0v) is 16.2. The summed E-state index contributed by atoms with van der Waals surface area (Å²) in [6, 6.07) is 9.80. The molecule has 0 radical (unpaired) electrons. The molecule has 2 aromatic rings. The van der Waals surface area contributed by atoms with Crippen LogP contribution in [0.1, 0.15) is 60.0 Å². The highest BCUT2D eigenvalue weighted by molar-refractivity contribution is 5.80. The van der Waals surface area contributed by atoms with Crippen LogP contribution < -0.4 is 9.47 Å². The van der Waals surface area contributed by atoms with Crippen LogP contribution >= 0.6 is 0 Å². The molecule has 1 aliphatic carbocycles. The lowest BCUT2D eigenvalue weighted by molar-refractivity contribution is -0.137. The summed E-state index contributed by atoms with van der Waals surface area (Å²) in [4.78, 5) is 11.4. The van der Waals surface area contributed by atoms with Crippen molar-refractivity contribution in [3.05, 3.63) is 59.2 Å². The normalized spacial score (nSPS) is 15.1. The van der Waals surface area contributed by atoms with E-state index in [0.717, 1.165) is 24.5 Å². The van der Waals surface area contributed by atoms with Crippen LogP contribution in [-0.4, -0.2) is 12.9 Å². The summed E-state index contributed by atoms with van der Waals surface area (Å²) in [5.74, 6) is 1.71. The van der Waals surface area contributed by atoms with Crippen molar-refractivity contribution in [1.82, 2.24) is 0 Å². The van der Waals surface area contributed by atoms with E-state index in [1.165, 1.54) is 44.2 Å². The third-order valence-corrected chi connectivity index (χ3v) is 5.30. The molecule has 0 amide bonds. The van der Waals surface area contributed by atoms with Crippen LogP contribution in [0.5, 0.6) is 11.5 Å². The average molecular weight is 406 g/mol. The Hall–Kier alpha value is -2.50. The lowest BCUT2D eigenvalue weighted by Gasteiger charge is -2.21. The number of carbonyl (C=O) groups is 1. The van der Waals surface area contributed by atoms with Gasteiger partial charge in [0.1, 0.15) is 18.1 Å². The molecule has 2 aromatic carbocycles. The van der Waals surface area contributed by atoms with Crippen LogP contribution in [-0.2, 0) is 12.8 Å². The molecule has 1 fully saturated rings. The van der Waals surface area contributed by atoms with Gasteiger partial charge in [-0.25, -0.2) is 0 Å². The minimum absolute atomic E-state index is 0.0703. The fourth-order valence-electron chi connectivity index (χ4n) is 3.61. The maximum atomic E-state index is 12.6. The molecule has 156 valence electrons. The van der Waals surface area contributed by atoms with Gasteiger partial charge in [0.15, 0.2) is 6.29 Å². The average Bonchev–Trinajstić information content (AvgIpc) is 2.73. The maximum Gasteiger partial charge on any atom is 0.416 e. The predicted molar refractivity (Wildman–Crippen MR) is 104 cm³/mol. The molecule has 0 aromatic heterocycles. The standard InChI is InChI=1S/C23H25F3O3/c24-23(25,26)20-8-6-18(7-9-20)16-29-22-11-10-21(14-19(22)15-27)28-13-12-17-4-2-1-3-5-17/h6-11,14-15,17H,1-5,12-13,16H2. The van der Waals surface area contributed by atoms with Crippen molar-refractivity contribution in [3.63, 3.8) is 0 Å². The first-order valence-corrected chi connectivity index (χ1v) is 9.96. The Morgan fingerprint density at radius 3 is 2.34 bits per heavy atom. The Morgan fingerprint density at radius 2 is 1.69 bits per heavy atom. The first-order chi connectivity index (χ1) is 14.0. The first-order valence-electron chi connectivity index (χ1n) is 9.96. The van der Waals surface area contributed by atoms with Gasteiger partial charge in [-0.3, -0.25) is 4.79 Å². The van der Waals surface area contributed by atoms with Crippen molar-refractivity contribution < 1.29 is 27.4 Å². The van der Waals surface area contributed by atoms with Gasteiger partial charge in [-0.2, -0.15) is 13.2 Å². The number of ether oxygens (including phenoxy) is 2. The summed E-state index contributed by atoms with van der Waals surface area (Å²) in [5.41, 5.74) is 0.235. The van der Waals surface area contributed by atoms with E-state index in [9.17, 15) is 18.0 Å². The molecule has 0 atom stereocenters. The number of rotatable bonds is 8. The molecule has 3 rings (SSSR count). The lowest BCUT2D eigenvalue weighted by atomic mass is 9.87.